The first-order chi connectivity index (χ1) is 15.8. The van der Waals surface area contributed by atoms with Crippen LogP contribution in [0.15, 0.2) is 42.5 Å². The summed E-state index contributed by atoms with van der Waals surface area (Å²) in [7, 11) is 1.36. The Morgan fingerprint density at radius 3 is 2.52 bits per heavy atom. The Hall–Kier alpha value is -3.26. The number of benzene rings is 2. The van der Waals surface area contributed by atoms with E-state index in [-0.39, 0.29) is 17.3 Å². The van der Waals surface area contributed by atoms with Crippen molar-refractivity contribution < 1.29 is 19.4 Å². The molecule has 1 unspecified atom stereocenters. The van der Waals surface area contributed by atoms with E-state index in [1.807, 2.05) is 18.2 Å². The molecule has 3 rings (SSSR count). The van der Waals surface area contributed by atoms with Gasteiger partial charge in [-0.15, -0.1) is 0 Å². The lowest BCUT2D eigenvalue weighted by molar-refractivity contribution is 0.0600. The van der Waals surface area contributed by atoms with Gasteiger partial charge < -0.3 is 9.84 Å². The highest BCUT2D eigenvalue weighted by atomic mass is 16.5. The number of amides is 1. The molecule has 174 valence electrons. The monoisotopic (exact) mass is 447 g/mol. The van der Waals surface area contributed by atoms with Gasteiger partial charge in [-0.3, -0.25) is 4.90 Å². The first-order valence-electron chi connectivity index (χ1n) is 11.6. The minimum absolute atomic E-state index is 0.00261. The Balaban J connectivity index is 1.95. The Morgan fingerprint density at radius 2 is 1.88 bits per heavy atom. The van der Waals surface area contributed by atoms with Gasteiger partial charge in [-0.05, 0) is 59.7 Å². The molecule has 0 aliphatic carbocycles. The fourth-order valence-electron chi connectivity index (χ4n) is 4.30. The minimum atomic E-state index is -0.914. The molecule has 0 saturated heterocycles. The minimum Gasteiger partial charge on any atom is -0.465 e. The summed E-state index contributed by atoms with van der Waals surface area (Å²) in [5, 5.41) is 9.75. The number of unbranched alkanes of at least 4 members (excludes halogenated alkanes) is 2. The van der Waals surface area contributed by atoms with Crippen molar-refractivity contribution >= 4 is 17.7 Å². The summed E-state index contributed by atoms with van der Waals surface area (Å²) >= 11 is 0. The zero-order chi connectivity index (χ0) is 24.0. The Kier molecular flexibility index (Phi) is 7.81. The third-order valence-corrected chi connectivity index (χ3v) is 6.43. The maximum atomic E-state index is 11.9. The topological polar surface area (TPSA) is 66.8 Å². The number of fused-ring (bicyclic) bond motifs is 1. The van der Waals surface area contributed by atoms with Gasteiger partial charge in [0.15, 0.2) is 0 Å². The number of hydrogen-bond donors (Lipinski definition) is 1. The number of carbonyl (C=O) groups is 2. The summed E-state index contributed by atoms with van der Waals surface area (Å²) in [6.45, 7) is 7.01. The van der Waals surface area contributed by atoms with Gasteiger partial charge >= 0.3 is 12.1 Å². The van der Waals surface area contributed by atoms with Crippen LogP contribution in [0.5, 0.6) is 0 Å². The molecular formula is C28H33NO4. The number of carboxylic acid groups (broad SMARTS) is 1. The molecule has 0 radical (unpaired) electrons. The van der Waals surface area contributed by atoms with E-state index in [9.17, 15) is 14.7 Å². The Labute approximate surface area is 196 Å². The van der Waals surface area contributed by atoms with Crippen molar-refractivity contribution in [3.05, 3.63) is 64.7 Å². The van der Waals surface area contributed by atoms with Gasteiger partial charge in [0, 0.05) is 18.0 Å². The number of hydrogen-bond acceptors (Lipinski definition) is 3. The predicted octanol–water partition coefficient (Wildman–Crippen LogP) is 6.35. The molecule has 0 fully saturated rings. The fourth-order valence-corrected chi connectivity index (χ4v) is 4.30. The average Bonchev–Trinajstić information content (AvgIpc) is 2.80. The van der Waals surface area contributed by atoms with Gasteiger partial charge in [-0.25, -0.2) is 9.59 Å². The lowest BCUT2D eigenvalue weighted by Gasteiger charge is -2.38. The van der Waals surface area contributed by atoms with Crippen LogP contribution in [0.25, 0.3) is 0 Å². The number of methoxy groups -OCH3 is 1. The lowest BCUT2D eigenvalue weighted by atomic mass is 9.76. The van der Waals surface area contributed by atoms with Gasteiger partial charge in [0.1, 0.15) is 0 Å². The number of ether oxygens (including phenoxy) is 1. The van der Waals surface area contributed by atoms with Crippen LogP contribution in [0, 0.1) is 11.8 Å². The summed E-state index contributed by atoms with van der Waals surface area (Å²) in [5.41, 5.74) is 4.15. The maximum absolute atomic E-state index is 11.9. The molecule has 0 spiro atoms. The second-order valence-electron chi connectivity index (χ2n) is 9.23. The molecule has 1 aliphatic heterocycles. The van der Waals surface area contributed by atoms with Crippen molar-refractivity contribution in [3.8, 4) is 11.8 Å². The van der Waals surface area contributed by atoms with Crippen LogP contribution < -0.4 is 4.90 Å². The van der Waals surface area contributed by atoms with Crippen LogP contribution in [0.2, 0.25) is 0 Å². The third kappa shape index (κ3) is 5.76. The smallest absolute Gasteiger partial charge is 0.411 e. The highest BCUT2D eigenvalue weighted by Crippen LogP contribution is 2.41. The van der Waals surface area contributed by atoms with E-state index >= 15 is 0 Å². The zero-order valence-corrected chi connectivity index (χ0v) is 20.0. The number of nitrogens with zero attached hydrogens (tertiary/aromatic N) is 1. The van der Waals surface area contributed by atoms with E-state index in [1.165, 1.54) is 12.0 Å². The van der Waals surface area contributed by atoms with E-state index in [1.54, 1.807) is 12.1 Å². The number of esters is 1. The van der Waals surface area contributed by atoms with Crippen LogP contribution in [0.3, 0.4) is 0 Å². The fraction of sp³-hybridized carbons (Fsp3) is 0.429. The number of anilines is 1. The van der Waals surface area contributed by atoms with Crippen molar-refractivity contribution in [2.45, 2.75) is 64.2 Å². The van der Waals surface area contributed by atoms with Crippen LogP contribution in [0.1, 0.15) is 85.8 Å². The predicted molar refractivity (Wildman–Crippen MR) is 131 cm³/mol. The quantitative estimate of drug-likeness (QED) is 0.318. The zero-order valence-electron chi connectivity index (χ0n) is 20.0. The molecular weight excluding hydrogens is 414 g/mol. The molecule has 1 aliphatic rings. The Bertz CT molecular complexity index is 1060. The Morgan fingerprint density at radius 1 is 1.15 bits per heavy atom. The van der Waals surface area contributed by atoms with Gasteiger partial charge in [0.2, 0.25) is 0 Å². The SMILES string of the molecule is CCCCCC(C#Cc1ccc(C(=O)OC)cc1)c1ccc2c(c1)N(C(=O)O)CCC2(C)C. The van der Waals surface area contributed by atoms with Gasteiger partial charge in [0.25, 0.3) is 0 Å². The van der Waals surface area contributed by atoms with Crippen molar-refractivity contribution in [2.24, 2.45) is 0 Å². The molecule has 1 atom stereocenters. The molecule has 5 heteroatoms. The molecule has 1 N–H and O–H groups in total. The van der Waals surface area contributed by atoms with Crippen molar-refractivity contribution in [1.82, 2.24) is 0 Å². The molecule has 1 amide bonds. The van der Waals surface area contributed by atoms with E-state index in [0.29, 0.717) is 12.1 Å². The molecule has 33 heavy (non-hydrogen) atoms. The van der Waals surface area contributed by atoms with Crippen LogP contribution in [0.4, 0.5) is 10.5 Å². The highest BCUT2D eigenvalue weighted by molar-refractivity contribution is 5.89. The molecule has 2 aromatic carbocycles. The van der Waals surface area contributed by atoms with E-state index in [4.69, 9.17) is 4.74 Å². The number of rotatable bonds is 6. The van der Waals surface area contributed by atoms with Gasteiger partial charge in [-0.1, -0.05) is 64.0 Å². The number of carbonyl (C=O) groups excluding carboxylic acids is 1. The van der Waals surface area contributed by atoms with Gasteiger partial charge in [-0.2, -0.15) is 0 Å². The summed E-state index contributed by atoms with van der Waals surface area (Å²) in [6, 6.07) is 13.3. The summed E-state index contributed by atoms with van der Waals surface area (Å²) < 4.78 is 4.75. The van der Waals surface area contributed by atoms with Crippen molar-refractivity contribution in [1.29, 1.82) is 0 Å². The lowest BCUT2D eigenvalue weighted by Crippen LogP contribution is -2.40. The van der Waals surface area contributed by atoms with E-state index in [0.717, 1.165) is 54.5 Å². The summed E-state index contributed by atoms with van der Waals surface area (Å²) in [4.78, 5) is 25.0. The molecule has 0 bridgehead atoms. The van der Waals surface area contributed by atoms with Crippen LogP contribution in [-0.4, -0.2) is 30.8 Å². The van der Waals surface area contributed by atoms with Crippen molar-refractivity contribution in [3.63, 3.8) is 0 Å². The largest absolute Gasteiger partial charge is 0.465 e. The molecule has 0 aromatic heterocycles. The van der Waals surface area contributed by atoms with Crippen molar-refractivity contribution in [2.75, 3.05) is 18.6 Å². The highest BCUT2D eigenvalue weighted by Gasteiger charge is 2.34. The van der Waals surface area contributed by atoms with Crippen LogP contribution >= 0.6 is 0 Å². The first-order valence-corrected chi connectivity index (χ1v) is 11.6. The first kappa shape index (κ1) is 24.4. The second kappa shape index (κ2) is 10.6. The molecule has 5 nitrogen and oxygen atoms in total. The molecule has 2 aromatic rings. The van der Waals surface area contributed by atoms with Gasteiger partial charge in [0.05, 0.1) is 18.4 Å². The standard InChI is InChI=1S/C28H33NO4/c1-5-6-7-8-21(12-9-20-10-13-22(14-11-20)26(30)33-4)23-15-16-24-25(19-23)29(27(31)32)18-17-28(24,2)3/h10-11,13-16,19,21H,5-8,17-18H2,1-4H3,(H,31,32). The second-order valence-corrected chi connectivity index (χ2v) is 9.23. The summed E-state index contributed by atoms with van der Waals surface area (Å²) in [6.07, 6.45) is 4.11. The maximum Gasteiger partial charge on any atom is 0.411 e. The average molecular weight is 448 g/mol. The van der Waals surface area contributed by atoms with Crippen LogP contribution in [-0.2, 0) is 10.2 Å². The van der Waals surface area contributed by atoms with E-state index < -0.39 is 6.09 Å². The normalized spacial score (nSPS) is 15.1. The van der Waals surface area contributed by atoms with E-state index in [2.05, 4.69) is 44.7 Å². The molecule has 1 heterocycles. The third-order valence-electron chi connectivity index (χ3n) is 6.43. The summed E-state index contributed by atoms with van der Waals surface area (Å²) in [5.74, 6) is 6.30. The molecule has 0 saturated carbocycles.